The first-order valence-corrected chi connectivity index (χ1v) is 6.16. The first-order valence-electron chi connectivity index (χ1n) is 6.16. The minimum atomic E-state index is -1.03. The standard InChI is InChI=1S/C12H17NO6/c1-12(2,3)19-11(17)13-8-6(9(14)15)4-5-7(8)18-10(13)16/h6-8H,4-5H2,1-3H3,(H,14,15)/t6-,7+,8-/m0/s1. The topological polar surface area (TPSA) is 93.1 Å². The number of carboxylic acid groups (broad SMARTS) is 1. The van der Waals surface area contributed by atoms with Gasteiger partial charge in [0.25, 0.3) is 0 Å². The van der Waals surface area contributed by atoms with Crippen molar-refractivity contribution in [2.24, 2.45) is 5.92 Å². The number of imide groups is 1. The summed E-state index contributed by atoms with van der Waals surface area (Å²) < 4.78 is 10.2. The molecule has 7 nitrogen and oxygen atoms in total. The number of carbonyl (C=O) groups is 3. The van der Waals surface area contributed by atoms with Crippen molar-refractivity contribution in [2.75, 3.05) is 0 Å². The molecule has 19 heavy (non-hydrogen) atoms. The summed E-state index contributed by atoms with van der Waals surface area (Å²) in [5.41, 5.74) is -0.757. The number of carboxylic acids is 1. The van der Waals surface area contributed by atoms with Crippen molar-refractivity contribution in [1.29, 1.82) is 0 Å². The molecule has 7 heteroatoms. The van der Waals surface area contributed by atoms with Crippen molar-refractivity contribution in [3.63, 3.8) is 0 Å². The van der Waals surface area contributed by atoms with E-state index in [1.165, 1.54) is 0 Å². The van der Waals surface area contributed by atoms with Gasteiger partial charge in [-0.3, -0.25) is 4.79 Å². The summed E-state index contributed by atoms with van der Waals surface area (Å²) in [6, 6.07) is -0.764. The smallest absolute Gasteiger partial charge is 0.420 e. The molecule has 1 saturated carbocycles. The average Bonchev–Trinajstić information content (AvgIpc) is 2.71. The summed E-state index contributed by atoms with van der Waals surface area (Å²) in [6.45, 7) is 5.02. The Kier molecular flexibility index (Phi) is 3.15. The number of hydrogen-bond donors (Lipinski definition) is 1. The molecule has 2 fully saturated rings. The fourth-order valence-corrected chi connectivity index (χ4v) is 2.50. The van der Waals surface area contributed by atoms with Gasteiger partial charge >= 0.3 is 18.2 Å². The van der Waals surface area contributed by atoms with Crippen LogP contribution in [0.1, 0.15) is 33.6 Å². The molecule has 0 aromatic carbocycles. The number of rotatable bonds is 1. The molecule has 1 aliphatic heterocycles. The van der Waals surface area contributed by atoms with Crippen LogP contribution in [0, 0.1) is 5.92 Å². The van der Waals surface area contributed by atoms with Crippen LogP contribution in [0.5, 0.6) is 0 Å². The first-order chi connectivity index (χ1) is 8.70. The van der Waals surface area contributed by atoms with E-state index in [1.807, 2.05) is 0 Å². The van der Waals surface area contributed by atoms with E-state index in [1.54, 1.807) is 20.8 Å². The van der Waals surface area contributed by atoms with Gasteiger partial charge in [0.05, 0.1) is 12.0 Å². The summed E-state index contributed by atoms with van der Waals surface area (Å²) in [7, 11) is 0. The zero-order chi connectivity index (χ0) is 14.4. The van der Waals surface area contributed by atoms with E-state index in [4.69, 9.17) is 14.6 Å². The van der Waals surface area contributed by atoms with Crippen LogP contribution in [-0.4, -0.2) is 45.9 Å². The fourth-order valence-electron chi connectivity index (χ4n) is 2.50. The molecule has 0 aromatic rings. The Morgan fingerprint density at radius 2 is 2.00 bits per heavy atom. The quantitative estimate of drug-likeness (QED) is 0.778. The van der Waals surface area contributed by atoms with E-state index in [2.05, 4.69) is 0 Å². The predicted octanol–water partition coefficient (Wildman–Crippen LogP) is 1.61. The zero-order valence-electron chi connectivity index (χ0n) is 11.1. The van der Waals surface area contributed by atoms with E-state index in [9.17, 15) is 14.4 Å². The number of amides is 2. The van der Waals surface area contributed by atoms with Crippen LogP contribution >= 0.6 is 0 Å². The molecule has 3 atom stereocenters. The van der Waals surface area contributed by atoms with Crippen LogP contribution in [0.25, 0.3) is 0 Å². The molecule has 2 aliphatic rings. The van der Waals surface area contributed by atoms with Gasteiger partial charge in [0, 0.05) is 0 Å². The van der Waals surface area contributed by atoms with Crippen LogP contribution < -0.4 is 0 Å². The van der Waals surface area contributed by atoms with Gasteiger partial charge in [0.15, 0.2) is 0 Å². The maximum atomic E-state index is 12.0. The van der Waals surface area contributed by atoms with Crippen molar-refractivity contribution >= 4 is 18.2 Å². The van der Waals surface area contributed by atoms with Crippen LogP contribution in [0.15, 0.2) is 0 Å². The maximum Gasteiger partial charge on any atom is 0.420 e. The first kappa shape index (κ1) is 13.6. The van der Waals surface area contributed by atoms with E-state index < -0.39 is 41.8 Å². The molecule has 0 unspecified atom stereocenters. The van der Waals surface area contributed by atoms with Crippen molar-refractivity contribution in [1.82, 2.24) is 4.90 Å². The second kappa shape index (κ2) is 4.40. The van der Waals surface area contributed by atoms with Gasteiger partial charge in [-0.2, -0.15) is 0 Å². The number of nitrogens with zero attached hydrogens (tertiary/aromatic N) is 1. The molecule has 2 rings (SSSR count). The number of aliphatic carboxylic acids is 1. The zero-order valence-corrected chi connectivity index (χ0v) is 11.1. The predicted molar refractivity (Wildman–Crippen MR) is 62.5 cm³/mol. The number of carbonyl (C=O) groups excluding carboxylic acids is 2. The van der Waals surface area contributed by atoms with E-state index in [0.717, 1.165) is 4.90 Å². The second-order valence-corrected chi connectivity index (χ2v) is 5.79. The van der Waals surface area contributed by atoms with Crippen molar-refractivity contribution < 1.29 is 29.0 Å². The van der Waals surface area contributed by atoms with Gasteiger partial charge in [0.1, 0.15) is 11.7 Å². The SMILES string of the molecule is CC(C)(C)OC(=O)N1C(=O)O[C@@H]2CC[C@H](C(=O)O)[C@@H]21. The summed E-state index contributed by atoms with van der Waals surface area (Å²) in [5.74, 6) is -1.82. The Balaban J connectivity index is 2.20. The van der Waals surface area contributed by atoms with E-state index in [0.29, 0.717) is 12.8 Å². The highest BCUT2D eigenvalue weighted by atomic mass is 16.6. The molecule has 1 aliphatic carbocycles. The van der Waals surface area contributed by atoms with Crippen LogP contribution in [0.4, 0.5) is 9.59 Å². The van der Waals surface area contributed by atoms with Crippen molar-refractivity contribution in [2.45, 2.75) is 51.4 Å². The van der Waals surface area contributed by atoms with Crippen LogP contribution in [-0.2, 0) is 14.3 Å². The van der Waals surface area contributed by atoms with Crippen molar-refractivity contribution in [3.8, 4) is 0 Å². The molecular weight excluding hydrogens is 254 g/mol. The molecule has 106 valence electrons. The fraction of sp³-hybridized carbons (Fsp3) is 0.750. The Bertz CT molecular complexity index is 426. The van der Waals surface area contributed by atoms with E-state index >= 15 is 0 Å². The summed E-state index contributed by atoms with van der Waals surface area (Å²) in [6.07, 6.45) is -1.38. The van der Waals surface area contributed by atoms with E-state index in [-0.39, 0.29) is 0 Å². The number of fused-ring (bicyclic) bond motifs is 1. The molecule has 2 amide bonds. The molecule has 0 radical (unpaired) electrons. The summed E-state index contributed by atoms with van der Waals surface area (Å²) in [5, 5.41) is 9.13. The largest absolute Gasteiger partial charge is 0.481 e. The second-order valence-electron chi connectivity index (χ2n) is 5.79. The highest BCUT2D eigenvalue weighted by Crippen LogP contribution is 2.38. The number of ether oxygens (including phenoxy) is 2. The maximum absolute atomic E-state index is 12.0. The lowest BCUT2D eigenvalue weighted by Crippen LogP contribution is -2.47. The Morgan fingerprint density at radius 1 is 1.37 bits per heavy atom. The highest BCUT2D eigenvalue weighted by Gasteiger charge is 2.56. The minimum Gasteiger partial charge on any atom is -0.481 e. The minimum absolute atomic E-state index is 0.386. The lowest BCUT2D eigenvalue weighted by Gasteiger charge is -2.26. The van der Waals surface area contributed by atoms with Crippen LogP contribution in [0.2, 0.25) is 0 Å². The Labute approximate surface area is 110 Å². The third-order valence-electron chi connectivity index (χ3n) is 3.21. The lowest BCUT2D eigenvalue weighted by molar-refractivity contribution is -0.142. The molecule has 1 saturated heterocycles. The van der Waals surface area contributed by atoms with Crippen LogP contribution in [0.3, 0.4) is 0 Å². The monoisotopic (exact) mass is 271 g/mol. The van der Waals surface area contributed by atoms with Gasteiger partial charge < -0.3 is 14.6 Å². The van der Waals surface area contributed by atoms with Gasteiger partial charge in [0.2, 0.25) is 0 Å². The normalized spacial score (nSPS) is 29.9. The lowest BCUT2D eigenvalue weighted by atomic mass is 10.0. The Morgan fingerprint density at radius 3 is 2.53 bits per heavy atom. The van der Waals surface area contributed by atoms with Gasteiger partial charge in [-0.25, -0.2) is 14.5 Å². The molecule has 1 N–H and O–H groups in total. The summed E-state index contributed by atoms with van der Waals surface area (Å²) >= 11 is 0. The Hall–Kier alpha value is -1.79. The molecule has 0 aromatic heterocycles. The third kappa shape index (κ3) is 2.50. The molecule has 0 spiro atoms. The molecule has 1 heterocycles. The summed E-state index contributed by atoms with van der Waals surface area (Å²) in [4.78, 5) is 35.7. The van der Waals surface area contributed by atoms with Crippen molar-refractivity contribution in [3.05, 3.63) is 0 Å². The average molecular weight is 271 g/mol. The highest BCUT2D eigenvalue weighted by molar-refractivity contribution is 5.91. The number of hydrogen-bond acceptors (Lipinski definition) is 5. The third-order valence-corrected chi connectivity index (χ3v) is 3.21. The van der Waals surface area contributed by atoms with Gasteiger partial charge in [-0.1, -0.05) is 0 Å². The molecular formula is C12H17NO6. The van der Waals surface area contributed by atoms with Gasteiger partial charge in [-0.05, 0) is 33.6 Å². The van der Waals surface area contributed by atoms with Gasteiger partial charge in [-0.15, -0.1) is 0 Å². The molecule has 0 bridgehead atoms.